The zero-order valence-corrected chi connectivity index (χ0v) is 11.5. The maximum absolute atomic E-state index is 11.6. The summed E-state index contributed by atoms with van der Waals surface area (Å²) in [6.45, 7) is 0.276. The molecule has 0 spiro atoms. The number of H-pyrrole nitrogens is 2. The van der Waals surface area contributed by atoms with Crippen LogP contribution in [0.3, 0.4) is 0 Å². The number of guanidine groups is 1. The minimum absolute atomic E-state index is 0.0791. The average molecular weight is 312 g/mol. The predicted molar refractivity (Wildman–Crippen MR) is 76.0 cm³/mol. The molecule has 0 saturated heterocycles. The number of ether oxygens (including phenoxy) is 1. The molecule has 1 aromatic rings. The van der Waals surface area contributed by atoms with Crippen molar-refractivity contribution in [3.8, 4) is 0 Å². The fourth-order valence-electron chi connectivity index (χ4n) is 1.44. The highest BCUT2D eigenvalue weighted by Gasteiger charge is 2.20. The van der Waals surface area contributed by atoms with E-state index in [0.717, 1.165) is 6.07 Å². The van der Waals surface area contributed by atoms with Crippen molar-refractivity contribution in [1.82, 2.24) is 9.97 Å². The van der Waals surface area contributed by atoms with Crippen molar-refractivity contribution in [1.29, 1.82) is 0 Å². The topological polar surface area (TPSA) is 200 Å². The van der Waals surface area contributed by atoms with E-state index in [1.54, 1.807) is 0 Å². The monoisotopic (exact) mass is 312 g/mol. The summed E-state index contributed by atoms with van der Waals surface area (Å²) >= 11 is 0. The van der Waals surface area contributed by atoms with Crippen molar-refractivity contribution in [3.05, 3.63) is 32.6 Å². The molecule has 0 amide bonds. The average Bonchev–Trinajstić information content (AvgIpc) is 2.41. The predicted octanol–water partition coefficient (Wildman–Crippen LogP) is -2.87. The quantitative estimate of drug-likeness (QED) is 0.121. The van der Waals surface area contributed by atoms with Gasteiger partial charge in [0.15, 0.2) is 5.96 Å². The summed E-state index contributed by atoms with van der Waals surface area (Å²) in [7, 11) is 0. The molecule has 8 N–H and O–H groups in total. The Morgan fingerprint density at radius 2 is 1.95 bits per heavy atom. The number of aliphatic imine (C=N–C) groups is 1. The Bertz CT molecular complexity index is 658. The molecule has 0 bridgehead atoms. The summed E-state index contributed by atoms with van der Waals surface area (Å²) in [5, 5.41) is 0. The molecule has 0 aliphatic rings. The molecule has 0 saturated carbocycles. The van der Waals surface area contributed by atoms with Gasteiger partial charge in [-0.05, 0) is 12.8 Å². The highest BCUT2D eigenvalue weighted by molar-refractivity contribution is 5.96. The van der Waals surface area contributed by atoms with Gasteiger partial charge in [0.25, 0.3) is 5.56 Å². The number of rotatable bonds is 6. The molecule has 0 aliphatic carbocycles. The molecule has 22 heavy (non-hydrogen) atoms. The molecule has 0 unspecified atom stereocenters. The highest BCUT2D eigenvalue weighted by Crippen LogP contribution is 2.00. The highest BCUT2D eigenvalue weighted by atomic mass is 16.6. The van der Waals surface area contributed by atoms with Crippen LogP contribution >= 0.6 is 0 Å². The minimum Gasteiger partial charge on any atom is -0.387 e. The molecule has 0 aromatic carbocycles. The van der Waals surface area contributed by atoms with Gasteiger partial charge in [0.2, 0.25) is 0 Å². The van der Waals surface area contributed by atoms with Gasteiger partial charge in [-0.1, -0.05) is 0 Å². The van der Waals surface area contributed by atoms with Crippen molar-refractivity contribution < 1.29 is 14.3 Å². The van der Waals surface area contributed by atoms with E-state index in [1.165, 1.54) is 0 Å². The van der Waals surface area contributed by atoms with E-state index in [1.807, 2.05) is 9.97 Å². The van der Waals surface area contributed by atoms with Crippen LogP contribution < -0.4 is 28.5 Å². The number of nitrogens with two attached hydrogens (primary N) is 3. The number of nitrogens with one attached hydrogen (secondary N) is 2. The van der Waals surface area contributed by atoms with E-state index in [9.17, 15) is 19.2 Å². The molecule has 0 radical (unpaired) electrons. The molecular formula is C11H16N6O5. The lowest BCUT2D eigenvalue weighted by atomic mass is 10.2. The molecule has 11 heteroatoms. The third-order valence-electron chi connectivity index (χ3n) is 2.44. The maximum Gasteiger partial charge on any atom is 0.362 e. The second-order valence-corrected chi connectivity index (χ2v) is 4.27. The SMILES string of the molecule is NC(N)=NCCC[C@H](N)C(=O)OC(=O)c1cc(=O)[nH]c(=O)[nH]1. The van der Waals surface area contributed by atoms with Gasteiger partial charge in [-0.15, -0.1) is 0 Å². The van der Waals surface area contributed by atoms with Crippen molar-refractivity contribution in [2.75, 3.05) is 6.54 Å². The van der Waals surface area contributed by atoms with E-state index >= 15 is 0 Å². The normalized spacial score (nSPS) is 11.5. The number of esters is 2. The van der Waals surface area contributed by atoms with Crippen LogP contribution in [0.25, 0.3) is 0 Å². The van der Waals surface area contributed by atoms with Gasteiger partial charge in [-0.2, -0.15) is 0 Å². The fraction of sp³-hybridized carbons (Fsp3) is 0.364. The molecule has 1 heterocycles. The number of nitrogens with zero attached hydrogens (tertiary/aromatic N) is 1. The molecule has 1 atom stereocenters. The van der Waals surface area contributed by atoms with Crippen LogP contribution in [-0.2, 0) is 9.53 Å². The van der Waals surface area contributed by atoms with Gasteiger partial charge >= 0.3 is 17.6 Å². The van der Waals surface area contributed by atoms with Crippen LogP contribution in [0.5, 0.6) is 0 Å². The van der Waals surface area contributed by atoms with Gasteiger partial charge in [-0.25, -0.2) is 14.4 Å². The Kier molecular flexibility index (Phi) is 6.01. The van der Waals surface area contributed by atoms with Crippen LogP contribution in [0.15, 0.2) is 20.6 Å². The zero-order valence-electron chi connectivity index (χ0n) is 11.5. The first kappa shape index (κ1) is 17.1. The van der Waals surface area contributed by atoms with Crippen LogP contribution in [0, 0.1) is 0 Å². The van der Waals surface area contributed by atoms with Crippen LogP contribution in [0.4, 0.5) is 0 Å². The molecule has 1 aromatic heterocycles. The van der Waals surface area contributed by atoms with E-state index in [4.69, 9.17) is 17.2 Å². The summed E-state index contributed by atoms with van der Waals surface area (Å²) in [5.74, 6) is -2.24. The summed E-state index contributed by atoms with van der Waals surface area (Å²) in [6.07, 6.45) is 0.596. The molecule has 11 nitrogen and oxygen atoms in total. The first-order valence-corrected chi connectivity index (χ1v) is 6.20. The van der Waals surface area contributed by atoms with E-state index in [0.29, 0.717) is 6.42 Å². The second kappa shape index (κ2) is 7.73. The first-order chi connectivity index (χ1) is 10.3. The summed E-state index contributed by atoms with van der Waals surface area (Å²) < 4.78 is 4.48. The Morgan fingerprint density at radius 1 is 1.27 bits per heavy atom. The van der Waals surface area contributed by atoms with Crippen molar-refractivity contribution >= 4 is 17.9 Å². The number of hydrogen-bond donors (Lipinski definition) is 5. The maximum atomic E-state index is 11.6. The lowest BCUT2D eigenvalue weighted by Crippen LogP contribution is -2.35. The molecule has 120 valence electrons. The van der Waals surface area contributed by atoms with Gasteiger partial charge < -0.3 is 26.9 Å². The lowest BCUT2D eigenvalue weighted by Gasteiger charge is -2.09. The van der Waals surface area contributed by atoms with E-state index < -0.39 is 34.9 Å². The van der Waals surface area contributed by atoms with Gasteiger partial charge in [-0.3, -0.25) is 14.8 Å². The smallest absolute Gasteiger partial charge is 0.362 e. The zero-order chi connectivity index (χ0) is 16.7. The summed E-state index contributed by atoms with van der Waals surface area (Å²) in [6, 6.07) is -0.270. The molecule has 0 aliphatic heterocycles. The van der Waals surface area contributed by atoms with E-state index in [-0.39, 0.29) is 18.9 Å². The summed E-state index contributed by atoms with van der Waals surface area (Å²) in [4.78, 5) is 52.8. The van der Waals surface area contributed by atoms with Crippen molar-refractivity contribution in [2.24, 2.45) is 22.2 Å². The molecular weight excluding hydrogens is 296 g/mol. The second-order valence-electron chi connectivity index (χ2n) is 4.27. The van der Waals surface area contributed by atoms with Gasteiger partial charge in [0.1, 0.15) is 11.7 Å². The molecule has 0 fully saturated rings. The summed E-state index contributed by atoms with van der Waals surface area (Å²) in [5.41, 5.74) is 13.7. The van der Waals surface area contributed by atoms with E-state index in [2.05, 4.69) is 9.73 Å². The largest absolute Gasteiger partial charge is 0.387 e. The fourth-order valence-corrected chi connectivity index (χ4v) is 1.44. The Labute approximate surface area is 123 Å². The Balaban J connectivity index is 2.56. The Morgan fingerprint density at radius 3 is 2.55 bits per heavy atom. The van der Waals surface area contributed by atoms with Gasteiger partial charge in [0, 0.05) is 12.6 Å². The minimum atomic E-state index is -1.17. The third kappa shape index (κ3) is 5.58. The molecule has 1 rings (SSSR count). The van der Waals surface area contributed by atoms with Crippen LogP contribution in [0.1, 0.15) is 23.3 Å². The van der Waals surface area contributed by atoms with Crippen molar-refractivity contribution in [3.63, 3.8) is 0 Å². The number of carbonyl (C=O) groups excluding carboxylic acids is 2. The van der Waals surface area contributed by atoms with Crippen LogP contribution in [-0.4, -0.2) is 40.5 Å². The van der Waals surface area contributed by atoms with Gasteiger partial charge in [0.05, 0.1) is 0 Å². The number of aromatic amines is 2. The number of carbonyl (C=O) groups is 2. The third-order valence-corrected chi connectivity index (χ3v) is 2.44. The Hall–Kier alpha value is -2.95. The number of hydrogen-bond acceptors (Lipinski definition) is 7. The van der Waals surface area contributed by atoms with Crippen molar-refractivity contribution in [2.45, 2.75) is 18.9 Å². The standard InChI is InChI=1S/C11H16N6O5/c12-5(2-1-3-15-10(13)14)8(19)22-9(20)6-4-7(18)17-11(21)16-6/h4-5H,1-3,12H2,(H4,13,14,15)(H2,16,17,18,21)/t5-/m0/s1. The first-order valence-electron chi connectivity index (χ1n) is 6.20. The number of aromatic nitrogens is 2. The lowest BCUT2D eigenvalue weighted by molar-refractivity contribution is -0.139. The van der Waals surface area contributed by atoms with Crippen LogP contribution in [0.2, 0.25) is 0 Å².